The number of piperidine rings is 3. The lowest BCUT2D eigenvalue weighted by atomic mass is 9.72. The van der Waals surface area contributed by atoms with Gasteiger partial charge in [0.05, 0.1) is 24.2 Å². The highest BCUT2D eigenvalue weighted by atomic mass is 19.4. The second-order valence-electron chi connectivity index (χ2n) is 7.36. The maximum Gasteiger partial charge on any atom is 0.490 e. The van der Waals surface area contributed by atoms with Crippen LogP contribution in [-0.2, 0) is 9.59 Å². The number of carbonyl (C=O) groups excluding carboxylic acids is 1. The molecule has 152 valence electrons. The van der Waals surface area contributed by atoms with Crippen molar-refractivity contribution >= 4 is 17.6 Å². The summed E-state index contributed by atoms with van der Waals surface area (Å²) < 4.78 is 31.7. The lowest BCUT2D eigenvalue weighted by Gasteiger charge is -2.52. The summed E-state index contributed by atoms with van der Waals surface area (Å²) in [5.41, 5.74) is 1.89. The number of halogens is 3. The Morgan fingerprint density at radius 2 is 1.82 bits per heavy atom. The Kier molecular flexibility index (Phi) is 5.74. The number of rotatable bonds is 1. The smallest absolute Gasteiger partial charge is 0.475 e. The van der Waals surface area contributed by atoms with Gasteiger partial charge in [-0.25, -0.2) is 4.79 Å². The fraction of sp³-hybridized carbons (Fsp3) is 0.526. The van der Waals surface area contributed by atoms with Gasteiger partial charge in [-0.15, -0.1) is 0 Å². The SMILES string of the molecule is O=C(O)C(F)(F)F.O=C1CC(c2ccccc2)=NCC2(CN3CCC2CC3)N1. The first kappa shape index (κ1) is 20.3. The van der Waals surface area contributed by atoms with Gasteiger partial charge in [-0.2, -0.15) is 13.2 Å². The second kappa shape index (κ2) is 7.90. The van der Waals surface area contributed by atoms with Crippen LogP contribution >= 0.6 is 0 Å². The molecule has 1 unspecified atom stereocenters. The van der Waals surface area contributed by atoms with E-state index in [1.807, 2.05) is 30.3 Å². The minimum Gasteiger partial charge on any atom is -0.475 e. The minimum atomic E-state index is -5.08. The van der Waals surface area contributed by atoms with E-state index in [4.69, 9.17) is 14.9 Å². The highest BCUT2D eigenvalue weighted by Gasteiger charge is 2.48. The number of carboxylic acids is 1. The van der Waals surface area contributed by atoms with Crippen LogP contribution in [0, 0.1) is 5.92 Å². The van der Waals surface area contributed by atoms with Crippen LogP contribution in [0.4, 0.5) is 13.2 Å². The zero-order valence-electron chi connectivity index (χ0n) is 15.2. The van der Waals surface area contributed by atoms with Gasteiger partial charge in [0.15, 0.2) is 0 Å². The monoisotopic (exact) mass is 397 g/mol. The van der Waals surface area contributed by atoms with Gasteiger partial charge in [0, 0.05) is 6.54 Å². The quantitative estimate of drug-likeness (QED) is 0.760. The van der Waals surface area contributed by atoms with Gasteiger partial charge in [0.2, 0.25) is 5.91 Å². The predicted octanol–water partition coefficient (Wildman–Crippen LogP) is 2.09. The van der Waals surface area contributed by atoms with Crippen LogP contribution in [0.3, 0.4) is 0 Å². The van der Waals surface area contributed by atoms with Crippen molar-refractivity contribution in [3.8, 4) is 0 Å². The molecule has 0 aromatic heterocycles. The number of nitrogens with one attached hydrogen (secondary N) is 1. The third kappa shape index (κ3) is 4.52. The summed E-state index contributed by atoms with van der Waals surface area (Å²) in [6.07, 6.45) is -2.30. The van der Waals surface area contributed by atoms with E-state index >= 15 is 0 Å². The average Bonchev–Trinajstić information content (AvgIpc) is 2.82. The molecule has 2 bridgehead atoms. The van der Waals surface area contributed by atoms with Gasteiger partial charge in [0.1, 0.15) is 0 Å². The molecule has 9 heteroatoms. The molecule has 1 atom stereocenters. The Hall–Kier alpha value is -2.42. The molecule has 4 aliphatic rings. The number of aliphatic carboxylic acids is 1. The first-order valence-corrected chi connectivity index (χ1v) is 9.12. The Balaban J connectivity index is 0.000000279. The van der Waals surface area contributed by atoms with E-state index in [2.05, 4.69) is 10.2 Å². The number of nitrogens with zero attached hydrogens (tertiary/aromatic N) is 2. The van der Waals surface area contributed by atoms with Crippen molar-refractivity contribution in [1.82, 2.24) is 10.2 Å². The van der Waals surface area contributed by atoms with Crippen LogP contribution in [0.1, 0.15) is 24.8 Å². The summed E-state index contributed by atoms with van der Waals surface area (Å²) >= 11 is 0. The summed E-state index contributed by atoms with van der Waals surface area (Å²) in [4.78, 5) is 28.6. The van der Waals surface area contributed by atoms with Gasteiger partial charge in [-0.1, -0.05) is 30.3 Å². The molecule has 0 aliphatic carbocycles. The maximum atomic E-state index is 12.4. The van der Waals surface area contributed by atoms with E-state index in [-0.39, 0.29) is 11.4 Å². The van der Waals surface area contributed by atoms with Crippen molar-refractivity contribution in [3.63, 3.8) is 0 Å². The highest BCUT2D eigenvalue weighted by Crippen LogP contribution is 2.37. The van der Waals surface area contributed by atoms with E-state index in [9.17, 15) is 18.0 Å². The maximum absolute atomic E-state index is 12.4. The number of alkyl halides is 3. The van der Waals surface area contributed by atoms with Crippen LogP contribution in [0.2, 0.25) is 0 Å². The lowest BCUT2D eigenvalue weighted by Crippen LogP contribution is -2.68. The van der Waals surface area contributed by atoms with Crippen molar-refractivity contribution in [1.29, 1.82) is 0 Å². The highest BCUT2D eigenvalue weighted by molar-refractivity contribution is 6.11. The van der Waals surface area contributed by atoms with Crippen molar-refractivity contribution < 1.29 is 27.9 Å². The van der Waals surface area contributed by atoms with Gasteiger partial charge >= 0.3 is 12.1 Å². The van der Waals surface area contributed by atoms with Crippen LogP contribution in [0.15, 0.2) is 35.3 Å². The van der Waals surface area contributed by atoms with E-state index in [1.165, 1.54) is 25.9 Å². The van der Waals surface area contributed by atoms with Crippen molar-refractivity contribution in [2.24, 2.45) is 10.9 Å². The molecule has 4 aliphatic heterocycles. The second-order valence-corrected chi connectivity index (χ2v) is 7.36. The predicted molar refractivity (Wildman–Crippen MR) is 96.2 cm³/mol. The van der Waals surface area contributed by atoms with Gasteiger partial charge in [0.25, 0.3) is 0 Å². The molecule has 1 amide bonds. The van der Waals surface area contributed by atoms with Crippen LogP contribution in [-0.4, -0.2) is 65.5 Å². The number of carboxylic acid groups (broad SMARTS) is 1. The van der Waals surface area contributed by atoms with Gasteiger partial charge < -0.3 is 15.3 Å². The molecule has 1 aromatic rings. The molecule has 4 heterocycles. The Labute approximate surface area is 160 Å². The van der Waals surface area contributed by atoms with Crippen LogP contribution in [0.5, 0.6) is 0 Å². The number of carbonyl (C=O) groups is 2. The minimum absolute atomic E-state index is 0.121. The summed E-state index contributed by atoms with van der Waals surface area (Å²) in [5, 5.41) is 10.5. The summed E-state index contributed by atoms with van der Waals surface area (Å²) in [6, 6.07) is 10.1. The molecule has 1 aromatic carbocycles. The van der Waals surface area contributed by atoms with Crippen LogP contribution in [0.25, 0.3) is 0 Å². The summed E-state index contributed by atoms with van der Waals surface area (Å²) in [6.45, 7) is 4.05. The van der Waals surface area contributed by atoms with Gasteiger partial charge in [-0.05, 0) is 37.4 Å². The summed E-state index contributed by atoms with van der Waals surface area (Å²) in [7, 11) is 0. The molecule has 2 N–H and O–H groups in total. The zero-order valence-corrected chi connectivity index (χ0v) is 15.2. The Morgan fingerprint density at radius 1 is 1.21 bits per heavy atom. The molecule has 3 fully saturated rings. The lowest BCUT2D eigenvalue weighted by molar-refractivity contribution is -0.192. The van der Waals surface area contributed by atoms with Crippen LogP contribution < -0.4 is 5.32 Å². The number of fused-ring (bicyclic) bond motifs is 2. The standard InChI is InChI=1S/C17H21N3O.C2HF3O2/c21-16-10-15(13-4-2-1-3-5-13)18-11-17(19-16)12-20-8-6-14(17)7-9-20;3-2(4,5)1(6)7/h1-5,14H,6-12H2,(H,19,21);(H,6,7). The molecule has 1 spiro atoms. The Morgan fingerprint density at radius 3 is 2.32 bits per heavy atom. The van der Waals surface area contributed by atoms with Gasteiger partial charge in [-0.3, -0.25) is 9.79 Å². The molecular weight excluding hydrogens is 375 g/mol. The topological polar surface area (TPSA) is 82.0 Å². The number of benzene rings is 1. The third-order valence-electron chi connectivity index (χ3n) is 5.49. The van der Waals surface area contributed by atoms with E-state index in [0.29, 0.717) is 12.3 Å². The fourth-order valence-corrected chi connectivity index (χ4v) is 4.12. The summed E-state index contributed by atoms with van der Waals surface area (Å²) in [5.74, 6) is -2.04. The first-order chi connectivity index (χ1) is 13.2. The molecule has 5 rings (SSSR count). The molecular formula is C19H22F3N3O3. The fourth-order valence-electron chi connectivity index (χ4n) is 4.12. The molecule has 0 saturated carbocycles. The van der Waals surface area contributed by atoms with E-state index in [1.54, 1.807) is 0 Å². The zero-order chi connectivity index (χ0) is 20.4. The molecule has 6 nitrogen and oxygen atoms in total. The molecule has 3 saturated heterocycles. The third-order valence-corrected chi connectivity index (χ3v) is 5.49. The molecule has 28 heavy (non-hydrogen) atoms. The van der Waals surface area contributed by atoms with E-state index < -0.39 is 12.1 Å². The average molecular weight is 397 g/mol. The normalized spacial score (nSPS) is 29.2. The number of hydrogen-bond donors (Lipinski definition) is 2. The van der Waals surface area contributed by atoms with E-state index in [0.717, 1.165) is 24.4 Å². The molecule has 0 radical (unpaired) electrons. The number of amides is 1. The van der Waals surface area contributed by atoms with Crippen molar-refractivity contribution in [2.75, 3.05) is 26.2 Å². The number of aliphatic imine (C=N–C) groups is 1. The van der Waals surface area contributed by atoms with Crippen molar-refractivity contribution in [3.05, 3.63) is 35.9 Å². The Bertz CT molecular complexity index is 759. The largest absolute Gasteiger partial charge is 0.490 e. The first-order valence-electron chi connectivity index (χ1n) is 9.12. The van der Waals surface area contributed by atoms with Crippen molar-refractivity contribution in [2.45, 2.75) is 31.0 Å². The number of hydrogen-bond acceptors (Lipinski definition) is 4.